The summed E-state index contributed by atoms with van der Waals surface area (Å²) in [6.45, 7) is 3.16. The lowest BCUT2D eigenvalue weighted by Gasteiger charge is -1.83. The summed E-state index contributed by atoms with van der Waals surface area (Å²) in [6.07, 6.45) is 1.11. The van der Waals surface area contributed by atoms with Crippen LogP contribution in [0.15, 0.2) is 12.7 Å². The summed E-state index contributed by atoms with van der Waals surface area (Å²) in [5, 5.41) is 0. The van der Waals surface area contributed by atoms with Crippen LogP contribution in [0, 0.1) is 0 Å². The molecule has 0 aliphatic heterocycles. The molecule has 0 radical (unpaired) electrons. The van der Waals surface area contributed by atoms with Gasteiger partial charge < -0.3 is 4.74 Å². The number of carbonyl (C=O) groups is 1. The molecule has 0 atom stereocenters. The summed E-state index contributed by atoms with van der Waals surface area (Å²) in [5.74, 6) is -0.394. The topological polar surface area (TPSA) is 26.3 Å². The Bertz CT molecular complexity index is 129. The van der Waals surface area contributed by atoms with Crippen LogP contribution in [0.3, 0.4) is 0 Å². The molecule has 0 aromatic carbocycles. The Kier molecular flexibility index (Phi) is 11.4. The molecule has 0 rings (SSSR count). The lowest BCUT2D eigenvalue weighted by Crippen LogP contribution is -1.91. The third-order valence-electron chi connectivity index (χ3n) is 0.368. The van der Waals surface area contributed by atoms with Crippen molar-refractivity contribution >= 4 is 47.0 Å². The Morgan fingerprint density at radius 3 is 2.00 bits per heavy atom. The average molecular weight is 196 g/mol. The van der Waals surface area contributed by atoms with E-state index in [0.29, 0.717) is 3.53 Å². The molecule has 0 N–H and O–H groups in total. The normalized spacial score (nSPS) is 6.70. The van der Waals surface area contributed by atoms with E-state index in [1.807, 2.05) is 0 Å². The van der Waals surface area contributed by atoms with Crippen LogP contribution < -0.4 is 0 Å². The molecule has 0 bridgehead atoms. The standard InChI is InChI=1S/C4H6O2.CH2S3/c1-3-4(5)6-2;2-1(3)4/h3H,1H2,2H3;(H2,2,3,4). The molecule has 0 heterocycles. The van der Waals surface area contributed by atoms with Gasteiger partial charge in [0.25, 0.3) is 0 Å². The van der Waals surface area contributed by atoms with E-state index >= 15 is 0 Å². The summed E-state index contributed by atoms with van der Waals surface area (Å²) in [5.41, 5.74) is 0. The van der Waals surface area contributed by atoms with Crippen molar-refractivity contribution in [3.05, 3.63) is 12.7 Å². The smallest absolute Gasteiger partial charge is 0.329 e. The molecule has 2 nitrogen and oxygen atoms in total. The first-order valence-corrected chi connectivity index (χ1v) is 3.47. The van der Waals surface area contributed by atoms with E-state index in [4.69, 9.17) is 0 Å². The predicted octanol–water partition coefficient (Wildman–Crippen LogP) is 1.48. The van der Waals surface area contributed by atoms with Gasteiger partial charge in [-0.1, -0.05) is 18.8 Å². The molecular weight excluding hydrogens is 188 g/mol. The monoisotopic (exact) mass is 196 g/mol. The second-order valence-electron chi connectivity index (χ2n) is 1.01. The number of hydrogen-bond donors (Lipinski definition) is 2. The number of thiol groups is 2. The van der Waals surface area contributed by atoms with E-state index < -0.39 is 5.97 Å². The van der Waals surface area contributed by atoms with Gasteiger partial charge in [-0.05, 0) is 0 Å². The van der Waals surface area contributed by atoms with Crippen LogP contribution in [-0.2, 0) is 9.53 Å². The van der Waals surface area contributed by atoms with E-state index in [0.717, 1.165) is 6.08 Å². The molecule has 0 aliphatic rings. The van der Waals surface area contributed by atoms with E-state index in [-0.39, 0.29) is 0 Å². The Hall–Kier alpha value is -0.000000000000000111. The van der Waals surface area contributed by atoms with Gasteiger partial charge in [0.2, 0.25) is 0 Å². The number of methoxy groups -OCH3 is 1. The highest BCUT2D eigenvalue weighted by Crippen LogP contribution is 1.83. The van der Waals surface area contributed by atoms with Gasteiger partial charge in [-0.2, -0.15) is 0 Å². The van der Waals surface area contributed by atoms with Crippen LogP contribution in [0.5, 0.6) is 0 Å². The number of ether oxygens (including phenoxy) is 1. The van der Waals surface area contributed by atoms with Crippen molar-refractivity contribution in [2.45, 2.75) is 0 Å². The zero-order valence-corrected chi connectivity index (χ0v) is 8.01. The van der Waals surface area contributed by atoms with Crippen LogP contribution in [0.2, 0.25) is 0 Å². The molecule has 0 fully saturated rings. The molecular formula is C5H8O2S3. The molecule has 0 saturated carbocycles. The first-order chi connectivity index (χ1) is 4.54. The second kappa shape index (κ2) is 9.00. The van der Waals surface area contributed by atoms with Gasteiger partial charge >= 0.3 is 5.97 Å². The highest BCUT2D eigenvalue weighted by Gasteiger charge is 1.81. The van der Waals surface area contributed by atoms with Gasteiger partial charge in [0.05, 0.1) is 10.6 Å². The summed E-state index contributed by atoms with van der Waals surface area (Å²) in [7, 11) is 1.31. The second-order valence-corrected chi connectivity index (χ2v) is 3.27. The highest BCUT2D eigenvalue weighted by molar-refractivity contribution is 8.34. The molecule has 10 heavy (non-hydrogen) atoms. The van der Waals surface area contributed by atoms with Crippen LogP contribution in [0.25, 0.3) is 0 Å². The minimum absolute atomic E-state index is 0.389. The van der Waals surface area contributed by atoms with Crippen LogP contribution in [0.4, 0.5) is 0 Å². The summed E-state index contributed by atoms with van der Waals surface area (Å²) >= 11 is 11.4. The first kappa shape index (κ1) is 12.7. The lowest BCUT2D eigenvalue weighted by molar-refractivity contribution is -0.134. The third kappa shape index (κ3) is 24.5. The number of thiocarbonyl (C=S) groups is 1. The molecule has 5 heteroatoms. The maximum Gasteiger partial charge on any atom is 0.329 e. The number of carbonyl (C=O) groups excluding carboxylic acids is 1. The molecule has 0 aromatic heterocycles. The first-order valence-electron chi connectivity index (χ1n) is 2.16. The summed E-state index contributed by atoms with van der Waals surface area (Å²) in [6, 6.07) is 0. The van der Waals surface area contributed by atoms with Crippen molar-refractivity contribution in [2.75, 3.05) is 7.11 Å². The minimum Gasteiger partial charge on any atom is -0.466 e. The van der Waals surface area contributed by atoms with Crippen molar-refractivity contribution in [3.8, 4) is 0 Å². The fourth-order valence-electron chi connectivity index (χ4n) is 0.0833. The van der Waals surface area contributed by atoms with Gasteiger partial charge in [0.15, 0.2) is 0 Å². The fraction of sp³-hybridized carbons (Fsp3) is 0.200. The Morgan fingerprint density at radius 2 is 2.00 bits per heavy atom. The SMILES string of the molecule is C=CC(=O)OC.S=C(S)S. The molecule has 0 aliphatic carbocycles. The van der Waals surface area contributed by atoms with Gasteiger partial charge in [-0.3, -0.25) is 0 Å². The maximum atomic E-state index is 9.84. The lowest BCUT2D eigenvalue weighted by atomic mass is 10.7. The van der Waals surface area contributed by atoms with Gasteiger partial charge in [-0.25, -0.2) is 4.79 Å². The Balaban J connectivity index is 0. The van der Waals surface area contributed by atoms with Crippen LogP contribution in [-0.4, -0.2) is 16.6 Å². The van der Waals surface area contributed by atoms with E-state index in [2.05, 4.69) is 48.8 Å². The largest absolute Gasteiger partial charge is 0.466 e. The zero-order chi connectivity index (χ0) is 8.57. The predicted molar refractivity (Wildman–Crippen MR) is 52.8 cm³/mol. The molecule has 0 aromatic rings. The number of esters is 1. The van der Waals surface area contributed by atoms with Crippen LogP contribution in [0.1, 0.15) is 0 Å². The minimum atomic E-state index is -0.394. The Labute approximate surface area is 76.5 Å². The van der Waals surface area contributed by atoms with Gasteiger partial charge in [0, 0.05) is 6.08 Å². The van der Waals surface area contributed by atoms with Crippen molar-refractivity contribution in [1.29, 1.82) is 0 Å². The fourth-order valence-corrected chi connectivity index (χ4v) is 0.0833. The summed E-state index contributed by atoms with van der Waals surface area (Å²) < 4.78 is 4.53. The molecule has 0 amide bonds. The van der Waals surface area contributed by atoms with Gasteiger partial charge in [-0.15, -0.1) is 25.3 Å². The number of rotatable bonds is 1. The van der Waals surface area contributed by atoms with Crippen molar-refractivity contribution in [2.24, 2.45) is 0 Å². The molecule has 0 saturated heterocycles. The zero-order valence-electron chi connectivity index (χ0n) is 5.40. The van der Waals surface area contributed by atoms with Crippen LogP contribution >= 0.6 is 37.5 Å². The highest BCUT2D eigenvalue weighted by atomic mass is 32.2. The van der Waals surface area contributed by atoms with E-state index in [1.165, 1.54) is 7.11 Å². The number of hydrogen-bond acceptors (Lipinski definition) is 3. The Morgan fingerprint density at radius 1 is 1.70 bits per heavy atom. The summed E-state index contributed by atoms with van der Waals surface area (Å²) in [4.78, 5) is 9.84. The maximum absolute atomic E-state index is 9.84. The van der Waals surface area contributed by atoms with Crippen molar-refractivity contribution < 1.29 is 9.53 Å². The quantitative estimate of drug-likeness (QED) is 0.288. The van der Waals surface area contributed by atoms with Gasteiger partial charge in [0.1, 0.15) is 0 Å². The van der Waals surface area contributed by atoms with E-state index in [1.54, 1.807) is 0 Å². The average Bonchev–Trinajstić information content (AvgIpc) is 1.85. The molecule has 0 unspecified atom stereocenters. The van der Waals surface area contributed by atoms with E-state index in [9.17, 15) is 4.79 Å². The third-order valence-corrected chi connectivity index (χ3v) is 0.368. The molecule has 0 spiro atoms. The van der Waals surface area contributed by atoms with Crippen molar-refractivity contribution in [1.82, 2.24) is 0 Å². The molecule has 58 valence electrons. The van der Waals surface area contributed by atoms with Crippen molar-refractivity contribution in [3.63, 3.8) is 0 Å².